The van der Waals surface area contributed by atoms with E-state index in [0.29, 0.717) is 11.0 Å². The highest BCUT2D eigenvalue weighted by Gasteiger charge is 2.16. The number of anilines is 3. The molecule has 0 bridgehead atoms. The predicted octanol–water partition coefficient (Wildman–Crippen LogP) is 3.20. The van der Waals surface area contributed by atoms with Crippen LogP contribution in [0, 0.1) is 0 Å². The molecule has 3 rings (SSSR count). The monoisotopic (exact) mass is 361 g/mol. The molecule has 1 N–H and O–H groups in total. The Morgan fingerprint density at radius 1 is 1.24 bits per heavy atom. The lowest BCUT2D eigenvalue weighted by Gasteiger charge is -2.34. The van der Waals surface area contributed by atoms with Crippen molar-refractivity contribution in [1.82, 2.24) is 14.9 Å². The van der Waals surface area contributed by atoms with E-state index in [4.69, 9.17) is 16.3 Å². The van der Waals surface area contributed by atoms with Gasteiger partial charge in [0, 0.05) is 37.9 Å². The molecule has 7 heteroatoms. The van der Waals surface area contributed by atoms with Crippen LogP contribution in [0.25, 0.3) is 0 Å². The van der Waals surface area contributed by atoms with Crippen molar-refractivity contribution >= 4 is 28.8 Å². The molecule has 2 aromatic rings. The van der Waals surface area contributed by atoms with Crippen molar-refractivity contribution in [2.75, 3.05) is 50.6 Å². The maximum absolute atomic E-state index is 6.15. The third-order valence-electron chi connectivity index (χ3n) is 4.45. The van der Waals surface area contributed by atoms with Crippen LogP contribution in [0.5, 0.6) is 5.75 Å². The fourth-order valence-electron chi connectivity index (χ4n) is 2.87. The Balaban J connectivity index is 1.79. The minimum atomic E-state index is 0.431. The summed E-state index contributed by atoms with van der Waals surface area (Å²) in [4.78, 5) is 13.4. The Kier molecular flexibility index (Phi) is 5.60. The number of halogens is 1. The topological polar surface area (TPSA) is 53.5 Å². The van der Waals surface area contributed by atoms with Gasteiger partial charge in [0.25, 0.3) is 0 Å². The molecule has 0 unspecified atom stereocenters. The van der Waals surface area contributed by atoms with E-state index in [-0.39, 0.29) is 0 Å². The number of piperazine rings is 1. The summed E-state index contributed by atoms with van der Waals surface area (Å²) in [6.07, 6.45) is 2.45. The highest BCUT2D eigenvalue weighted by molar-refractivity contribution is 6.30. The van der Waals surface area contributed by atoms with Crippen LogP contribution in [0.3, 0.4) is 0 Å². The minimum Gasteiger partial charge on any atom is -0.494 e. The third-order valence-corrected chi connectivity index (χ3v) is 4.75. The quantitative estimate of drug-likeness (QED) is 0.882. The van der Waals surface area contributed by atoms with Gasteiger partial charge in [-0.25, -0.2) is 4.98 Å². The Bertz CT molecular complexity index is 731. The van der Waals surface area contributed by atoms with Crippen LogP contribution < -0.4 is 15.0 Å². The Morgan fingerprint density at radius 2 is 2.00 bits per heavy atom. The van der Waals surface area contributed by atoms with Gasteiger partial charge in [-0.1, -0.05) is 18.5 Å². The number of rotatable bonds is 5. The molecule has 1 aromatic carbocycles. The lowest BCUT2D eigenvalue weighted by molar-refractivity contribution is 0.312. The van der Waals surface area contributed by atoms with E-state index in [1.54, 1.807) is 13.3 Å². The molecule has 134 valence electrons. The van der Waals surface area contributed by atoms with Gasteiger partial charge in [-0.3, -0.25) is 4.98 Å². The first-order valence-electron chi connectivity index (χ1n) is 8.50. The number of benzene rings is 1. The maximum atomic E-state index is 6.15. The van der Waals surface area contributed by atoms with Crippen molar-refractivity contribution in [2.24, 2.45) is 0 Å². The van der Waals surface area contributed by atoms with Crippen molar-refractivity contribution in [1.29, 1.82) is 0 Å². The second-order valence-corrected chi connectivity index (χ2v) is 6.50. The number of aryl methyl sites for hydroxylation is 1. The summed E-state index contributed by atoms with van der Waals surface area (Å²) >= 11 is 6.15. The molecule has 6 nitrogen and oxygen atoms in total. The van der Waals surface area contributed by atoms with Crippen molar-refractivity contribution in [3.8, 4) is 5.75 Å². The van der Waals surface area contributed by atoms with Crippen molar-refractivity contribution in [3.05, 3.63) is 35.2 Å². The van der Waals surface area contributed by atoms with Gasteiger partial charge in [0.1, 0.15) is 5.75 Å². The number of hydrogen-bond acceptors (Lipinski definition) is 6. The first-order chi connectivity index (χ1) is 12.1. The molecule has 1 aliphatic heterocycles. The molecule has 0 amide bonds. The van der Waals surface area contributed by atoms with E-state index in [9.17, 15) is 0 Å². The van der Waals surface area contributed by atoms with Gasteiger partial charge < -0.3 is 19.9 Å². The molecule has 2 heterocycles. The van der Waals surface area contributed by atoms with E-state index >= 15 is 0 Å². The van der Waals surface area contributed by atoms with Crippen LogP contribution in [-0.4, -0.2) is 55.2 Å². The van der Waals surface area contributed by atoms with Crippen LogP contribution in [0.2, 0.25) is 5.15 Å². The first-order valence-corrected chi connectivity index (χ1v) is 8.88. The van der Waals surface area contributed by atoms with Gasteiger partial charge in [-0.2, -0.15) is 0 Å². The van der Waals surface area contributed by atoms with Crippen molar-refractivity contribution in [3.63, 3.8) is 0 Å². The average Bonchev–Trinajstić information content (AvgIpc) is 2.63. The van der Waals surface area contributed by atoms with Gasteiger partial charge >= 0.3 is 0 Å². The van der Waals surface area contributed by atoms with Gasteiger partial charge in [0.2, 0.25) is 0 Å². The molecule has 0 radical (unpaired) electrons. The molecule has 1 saturated heterocycles. The molecular formula is C18H24ClN5O. The average molecular weight is 362 g/mol. The molecule has 25 heavy (non-hydrogen) atoms. The van der Waals surface area contributed by atoms with Gasteiger partial charge in [-0.05, 0) is 25.6 Å². The van der Waals surface area contributed by atoms with Crippen LogP contribution in [0.1, 0.15) is 12.6 Å². The molecule has 0 atom stereocenters. The lowest BCUT2D eigenvalue weighted by Crippen LogP contribution is -2.44. The second kappa shape index (κ2) is 7.89. The largest absolute Gasteiger partial charge is 0.494 e. The SMILES string of the molecule is CCc1ncc(Nc2ccc(N3CCN(C)CC3)cc2OC)nc1Cl. The molecule has 0 spiro atoms. The van der Waals surface area contributed by atoms with Gasteiger partial charge in [0.15, 0.2) is 11.0 Å². The number of aromatic nitrogens is 2. The normalized spacial score (nSPS) is 15.3. The number of nitrogens with zero attached hydrogens (tertiary/aromatic N) is 4. The minimum absolute atomic E-state index is 0.431. The fraction of sp³-hybridized carbons (Fsp3) is 0.444. The van der Waals surface area contributed by atoms with E-state index in [2.05, 4.69) is 44.3 Å². The maximum Gasteiger partial charge on any atom is 0.152 e. The number of nitrogens with one attached hydrogen (secondary N) is 1. The Hall–Kier alpha value is -2.05. The predicted molar refractivity (Wildman–Crippen MR) is 102 cm³/mol. The lowest BCUT2D eigenvalue weighted by atomic mass is 10.2. The third kappa shape index (κ3) is 4.14. The van der Waals surface area contributed by atoms with Crippen LogP contribution in [-0.2, 0) is 6.42 Å². The zero-order valence-corrected chi connectivity index (χ0v) is 15.7. The van der Waals surface area contributed by atoms with Crippen LogP contribution in [0.15, 0.2) is 24.4 Å². The summed E-state index contributed by atoms with van der Waals surface area (Å²) in [6, 6.07) is 6.17. The molecular weight excluding hydrogens is 338 g/mol. The fourth-order valence-corrected chi connectivity index (χ4v) is 3.14. The van der Waals surface area contributed by atoms with Crippen LogP contribution in [0.4, 0.5) is 17.2 Å². The highest BCUT2D eigenvalue weighted by Crippen LogP contribution is 2.32. The van der Waals surface area contributed by atoms with Gasteiger partial charge in [0.05, 0.1) is 24.7 Å². The smallest absolute Gasteiger partial charge is 0.152 e. The molecule has 1 aliphatic rings. The summed E-state index contributed by atoms with van der Waals surface area (Å²) in [7, 11) is 3.83. The number of likely N-dealkylation sites (N-methyl/N-ethyl adjacent to an activating group) is 1. The molecule has 1 aromatic heterocycles. The van der Waals surface area contributed by atoms with Crippen molar-refractivity contribution < 1.29 is 4.74 Å². The van der Waals surface area contributed by atoms with E-state index in [1.807, 2.05) is 13.0 Å². The number of ether oxygens (including phenoxy) is 1. The number of hydrogen-bond donors (Lipinski definition) is 1. The zero-order valence-electron chi connectivity index (χ0n) is 14.9. The number of methoxy groups -OCH3 is 1. The summed E-state index contributed by atoms with van der Waals surface area (Å²) in [5.41, 5.74) is 2.81. The Morgan fingerprint density at radius 3 is 2.64 bits per heavy atom. The zero-order chi connectivity index (χ0) is 17.8. The first kappa shape index (κ1) is 17.8. The van der Waals surface area contributed by atoms with E-state index in [0.717, 1.165) is 49.7 Å². The second-order valence-electron chi connectivity index (χ2n) is 6.15. The molecule has 0 aliphatic carbocycles. The Labute approximate surface area is 153 Å². The summed E-state index contributed by atoms with van der Waals surface area (Å²) in [5, 5.41) is 3.67. The summed E-state index contributed by atoms with van der Waals surface area (Å²) in [6.45, 7) is 6.18. The summed E-state index contributed by atoms with van der Waals surface area (Å²) < 4.78 is 5.56. The molecule has 0 saturated carbocycles. The highest BCUT2D eigenvalue weighted by atomic mass is 35.5. The van der Waals surface area contributed by atoms with Crippen LogP contribution >= 0.6 is 11.6 Å². The molecule has 1 fully saturated rings. The standard InChI is InChI=1S/C18H24ClN5O/c1-4-14-18(19)22-17(12-20-14)21-15-6-5-13(11-16(15)25-3)24-9-7-23(2)8-10-24/h5-6,11-12H,4,7-10H2,1-3H3,(H,21,22). The van der Waals surface area contributed by atoms with E-state index in [1.165, 1.54) is 5.69 Å². The van der Waals surface area contributed by atoms with Gasteiger partial charge in [-0.15, -0.1) is 0 Å². The van der Waals surface area contributed by atoms with Crippen molar-refractivity contribution in [2.45, 2.75) is 13.3 Å². The van der Waals surface area contributed by atoms with E-state index < -0.39 is 0 Å². The summed E-state index contributed by atoms with van der Waals surface area (Å²) in [5.74, 6) is 1.38.